The van der Waals surface area contributed by atoms with Gasteiger partial charge in [-0.1, -0.05) is 38.1 Å². The number of benzene rings is 1. The fourth-order valence-electron chi connectivity index (χ4n) is 3.55. The highest BCUT2D eigenvalue weighted by atomic mass is 16.3. The van der Waals surface area contributed by atoms with Crippen molar-refractivity contribution in [3.8, 4) is 0 Å². The molecular weight excluding hydrogens is 328 g/mol. The van der Waals surface area contributed by atoms with Crippen LogP contribution in [0.1, 0.15) is 41.4 Å². The van der Waals surface area contributed by atoms with Crippen molar-refractivity contribution in [2.75, 3.05) is 19.6 Å². The number of hydrogen-bond acceptors (Lipinski definition) is 3. The molecule has 1 N–H and O–H groups in total. The molecule has 1 fully saturated rings. The lowest BCUT2D eigenvalue weighted by Crippen LogP contribution is -2.37. The number of hydrogen-bond donors (Lipinski definition) is 1. The molecule has 0 bridgehead atoms. The Balaban J connectivity index is 1.84. The van der Waals surface area contributed by atoms with Gasteiger partial charge in [-0.3, -0.25) is 9.59 Å². The molecule has 5 nitrogen and oxygen atoms in total. The summed E-state index contributed by atoms with van der Waals surface area (Å²) in [7, 11) is 0. The predicted molar refractivity (Wildman–Crippen MR) is 99.9 cm³/mol. The molecule has 1 saturated heterocycles. The average molecular weight is 354 g/mol. The fraction of sp³-hybridized carbons (Fsp3) is 0.429. The van der Waals surface area contributed by atoms with E-state index >= 15 is 0 Å². The lowest BCUT2D eigenvalue weighted by atomic mass is 9.86. The van der Waals surface area contributed by atoms with Crippen molar-refractivity contribution in [2.45, 2.75) is 26.7 Å². The maximum atomic E-state index is 12.8. The number of amides is 2. The van der Waals surface area contributed by atoms with Crippen molar-refractivity contribution in [3.63, 3.8) is 0 Å². The van der Waals surface area contributed by atoms with Crippen LogP contribution >= 0.6 is 0 Å². The molecule has 1 aromatic carbocycles. The molecule has 2 aromatic rings. The minimum Gasteiger partial charge on any atom is -0.459 e. The molecule has 3 rings (SSSR count). The van der Waals surface area contributed by atoms with E-state index in [1.807, 2.05) is 12.1 Å². The second-order valence-corrected chi connectivity index (χ2v) is 7.40. The number of nitrogens with zero attached hydrogens (tertiary/aromatic N) is 1. The van der Waals surface area contributed by atoms with E-state index in [-0.39, 0.29) is 23.7 Å². The first-order valence-electron chi connectivity index (χ1n) is 9.13. The van der Waals surface area contributed by atoms with Gasteiger partial charge in [0.05, 0.1) is 12.2 Å². The highest BCUT2D eigenvalue weighted by molar-refractivity contribution is 5.92. The topological polar surface area (TPSA) is 62.6 Å². The van der Waals surface area contributed by atoms with Gasteiger partial charge in [-0.15, -0.1) is 0 Å². The largest absolute Gasteiger partial charge is 0.459 e. The molecule has 2 heterocycles. The van der Waals surface area contributed by atoms with Crippen molar-refractivity contribution in [3.05, 3.63) is 59.5 Å². The van der Waals surface area contributed by atoms with Crippen LogP contribution in [0, 0.1) is 18.8 Å². The first-order chi connectivity index (χ1) is 12.5. The molecule has 1 aromatic heterocycles. The predicted octanol–water partition coefficient (Wildman–Crippen LogP) is 3.22. The van der Waals surface area contributed by atoms with Crippen LogP contribution in [-0.2, 0) is 4.79 Å². The van der Waals surface area contributed by atoms with Gasteiger partial charge in [-0.25, -0.2) is 0 Å². The van der Waals surface area contributed by atoms with Crippen LogP contribution in [0.2, 0.25) is 0 Å². The molecule has 5 heteroatoms. The van der Waals surface area contributed by atoms with E-state index in [9.17, 15) is 9.59 Å². The molecule has 0 spiro atoms. The number of rotatable bonds is 5. The third-order valence-corrected chi connectivity index (χ3v) is 4.95. The van der Waals surface area contributed by atoms with E-state index in [2.05, 4.69) is 38.2 Å². The standard InChI is InChI=1S/C21H26N2O3/c1-14(2)11-22-20(24)18-13-23(21(25)19-9-6-10-26-19)12-17(18)16-8-5-4-7-15(16)3/h4-10,14,17-18H,11-13H2,1-3H3,(H,22,24)/t17-,18+/m0/s1. The molecule has 26 heavy (non-hydrogen) atoms. The highest BCUT2D eigenvalue weighted by Gasteiger charge is 2.41. The van der Waals surface area contributed by atoms with Crippen LogP contribution in [-0.4, -0.2) is 36.3 Å². The quantitative estimate of drug-likeness (QED) is 0.897. The fourth-order valence-corrected chi connectivity index (χ4v) is 3.55. The summed E-state index contributed by atoms with van der Waals surface area (Å²) in [5.74, 6) is 0.292. The van der Waals surface area contributed by atoms with Crippen molar-refractivity contribution >= 4 is 11.8 Å². The zero-order valence-corrected chi connectivity index (χ0v) is 15.6. The zero-order chi connectivity index (χ0) is 18.7. The van der Waals surface area contributed by atoms with E-state index in [4.69, 9.17) is 4.42 Å². The molecule has 0 radical (unpaired) electrons. The van der Waals surface area contributed by atoms with E-state index < -0.39 is 0 Å². The van der Waals surface area contributed by atoms with Crippen molar-refractivity contribution in [1.82, 2.24) is 10.2 Å². The van der Waals surface area contributed by atoms with Gasteiger partial charge in [-0.05, 0) is 36.1 Å². The minimum absolute atomic E-state index is 0.0118. The molecule has 1 aliphatic rings. The summed E-state index contributed by atoms with van der Waals surface area (Å²) in [6, 6.07) is 11.5. The van der Waals surface area contributed by atoms with Gasteiger partial charge in [-0.2, -0.15) is 0 Å². The Bertz CT molecular complexity index is 767. The number of aryl methyl sites for hydroxylation is 1. The Hall–Kier alpha value is -2.56. The Morgan fingerprint density at radius 3 is 2.62 bits per heavy atom. The van der Waals surface area contributed by atoms with Gasteiger partial charge in [0.25, 0.3) is 5.91 Å². The lowest BCUT2D eigenvalue weighted by Gasteiger charge is -2.20. The van der Waals surface area contributed by atoms with Crippen molar-refractivity contribution in [1.29, 1.82) is 0 Å². The first kappa shape index (κ1) is 18.2. The summed E-state index contributed by atoms with van der Waals surface area (Å²) in [5, 5.41) is 3.04. The van der Waals surface area contributed by atoms with Gasteiger partial charge >= 0.3 is 0 Å². The Morgan fingerprint density at radius 2 is 1.96 bits per heavy atom. The Morgan fingerprint density at radius 1 is 1.19 bits per heavy atom. The Kier molecular flexibility index (Phi) is 5.45. The number of carbonyl (C=O) groups is 2. The smallest absolute Gasteiger partial charge is 0.289 e. The average Bonchev–Trinajstić information content (AvgIpc) is 3.29. The summed E-state index contributed by atoms with van der Waals surface area (Å²) in [6.45, 7) is 7.75. The van der Waals surface area contributed by atoms with Crippen molar-refractivity contribution < 1.29 is 14.0 Å². The molecule has 0 aliphatic carbocycles. The van der Waals surface area contributed by atoms with Crippen molar-refractivity contribution in [2.24, 2.45) is 11.8 Å². The maximum Gasteiger partial charge on any atom is 0.289 e. The van der Waals surface area contributed by atoms with Gasteiger partial charge < -0.3 is 14.6 Å². The summed E-state index contributed by atoms with van der Waals surface area (Å²) in [4.78, 5) is 27.3. The molecule has 138 valence electrons. The normalized spacial score (nSPS) is 19.8. The van der Waals surface area contributed by atoms with Crippen LogP contribution in [0.5, 0.6) is 0 Å². The van der Waals surface area contributed by atoms with Gasteiger partial charge in [0.1, 0.15) is 0 Å². The summed E-state index contributed by atoms with van der Waals surface area (Å²) < 4.78 is 5.26. The zero-order valence-electron chi connectivity index (χ0n) is 15.6. The first-order valence-corrected chi connectivity index (χ1v) is 9.13. The van der Waals surface area contributed by atoms with Crippen LogP contribution in [0.4, 0.5) is 0 Å². The number of carbonyl (C=O) groups excluding carboxylic acids is 2. The summed E-state index contributed by atoms with van der Waals surface area (Å²) >= 11 is 0. The Labute approximate surface area is 154 Å². The van der Waals surface area contributed by atoms with Crippen LogP contribution in [0.25, 0.3) is 0 Å². The maximum absolute atomic E-state index is 12.8. The number of likely N-dealkylation sites (tertiary alicyclic amines) is 1. The molecular formula is C21H26N2O3. The molecule has 0 saturated carbocycles. The van der Waals surface area contributed by atoms with Gasteiger partial charge in [0, 0.05) is 25.6 Å². The highest BCUT2D eigenvalue weighted by Crippen LogP contribution is 2.35. The molecule has 2 amide bonds. The second kappa shape index (κ2) is 7.77. The minimum atomic E-state index is -0.256. The van der Waals surface area contributed by atoms with Crippen LogP contribution in [0.3, 0.4) is 0 Å². The second-order valence-electron chi connectivity index (χ2n) is 7.40. The summed E-state index contributed by atoms with van der Waals surface area (Å²) in [6.07, 6.45) is 1.49. The lowest BCUT2D eigenvalue weighted by molar-refractivity contribution is -0.125. The number of furan rings is 1. The number of nitrogens with one attached hydrogen (secondary N) is 1. The molecule has 0 unspecified atom stereocenters. The van der Waals surface area contributed by atoms with E-state index in [1.54, 1.807) is 17.0 Å². The molecule has 1 aliphatic heterocycles. The summed E-state index contributed by atoms with van der Waals surface area (Å²) in [5.41, 5.74) is 2.28. The van der Waals surface area contributed by atoms with Gasteiger partial charge in [0.15, 0.2) is 5.76 Å². The molecule has 2 atom stereocenters. The van der Waals surface area contributed by atoms with Gasteiger partial charge in [0.2, 0.25) is 5.91 Å². The van der Waals surface area contributed by atoms with E-state index in [1.165, 1.54) is 6.26 Å². The van der Waals surface area contributed by atoms with Crippen LogP contribution < -0.4 is 5.32 Å². The van der Waals surface area contributed by atoms with E-state index in [0.717, 1.165) is 11.1 Å². The monoisotopic (exact) mass is 354 g/mol. The van der Waals surface area contributed by atoms with Crippen LogP contribution in [0.15, 0.2) is 47.1 Å². The van der Waals surface area contributed by atoms with E-state index in [0.29, 0.717) is 31.3 Å². The third-order valence-electron chi connectivity index (χ3n) is 4.95. The third kappa shape index (κ3) is 3.82. The SMILES string of the molecule is Cc1ccccc1[C@@H]1CN(C(=O)c2ccco2)C[C@H]1C(=O)NCC(C)C.